The smallest absolute Gasteiger partial charge is 0.321 e. The Morgan fingerprint density at radius 2 is 2.05 bits per heavy atom. The van der Waals surface area contributed by atoms with Gasteiger partial charge >= 0.3 is 5.97 Å². The Balaban J connectivity index is 2.58. The second-order valence-corrected chi connectivity index (χ2v) is 6.14. The first-order chi connectivity index (χ1) is 9.33. The molecule has 6 nitrogen and oxygen atoms in total. The minimum atomic E-state index is -3.92. The maximum atomic E-state index is 12.3. The first kappa shape index (κ1) is 14.4. The van der Waals surface area contributed by atoms with E-state index in [0.717, 1.165) is 5.56 Å². The van der Waals surface area contributed by atoms with E-state index in [0.29, 0.717) is 10.9 Å². The van der Waals surface area contributed by atoms with Crippen molar-refractivity contribution in [1.29, 1.82) is 0 Å². The third kappa shape index (κ3) is 2.63. The molecule has 1 aromatic carbocycles. The first-order valence-corrected chi connectivity index (χ1v) is 7.41. The third-order valence-electron chi connectivity index (χ3n) is 2.92. The lowest BCUT2D eigenvalue weighted by Gasteiger charge is -2.12. The maximum Gasteiger partial charge on any atom is 0.321 e. The number of hydrogen-bond acceptors (Lipinski definition) is 4. The molecule has 20 heavy (non-hydrogen) atoms. The minimum Gasteiger partial charge on any atom is -0.480 e. The number of carboxylic acid groups (broad SMARTS) is 1. The zero-order valence-corrected chi connectivity index (χ0v) is 11.8. The van der Waals surface area contributed by atoms with E-state index in [1.807, 2.05) is 6.92 Å². The van der Waals surface area contributed by atoms with Crippen molar-refractivity contribution in [3.63, 3.8) is 0 Å². The summed E-state index contributed by atoms with van der Waals surface area (Å²) in [6, 6.07) is 5.19. The lowest BCUT2D eigenvalue weighted by molar-refractivity contribution is -0.138. The molecule has 0 spiro atoms. The summed E-state index contributed by atoms with van der Waals surface area (Å²) in [6.45, 7) is 3.10. The van der Waals surface area contributed by atoms with Gasteiger partial charge in [-0.1, -0.05) is 6.07 Å². The van der Waals surface area contributed by atoms with E-state index in [9.17, 15) is 13.2 Å². The monoisotopic (exact) mass is 294 g/mol. The number of nitrogens with one attached hydrogen (secondary N) is 1. The van der Waals surface area contributed by atoms with Crippen LogP contribution in [0.25, 0.3) is 10.9 Å². The molecule has 7 heteroatoms. The number of nitrogens with zero attached hydrogens (tertiary/aromatic N) is 1. The van der Waals surface area contributed by atoms with Crippen LogP contribution in [-0.4, -0.2) is 30.5 Å². The van der Waals surface area contributed by atoms with Crippen LogP contribution in [0.15, 0.2) is 35.4 Å². The zero-order valence-electron chi connectivity index (χ0n) is 11.0. The molecule has 0 aliphatic rings. The van der Waals surface area contributed by atoms with Gasteiger partial charge < -0.3 is 5.11 Å². The molecule has 1 aromatic heterocycles. The molecule has 0 aliphatic heterocycles. The summed E-state index contributed by atoms with van der Waals surface area (Å²) >= 11 is 0. The Morgan fingerprint density at radius 1 is 1.35 bits per heavy atom. The normalized spacial score (nSPS) is 13.3. The molecule has 0 bridgehead atoms. The van der Waals surface area contributed by atoms with Gasteiger partial charge in [0.05, 0.1) is 10.4 Å². The molecule has 0 fully saturated rings. The second kappa shape index (κ2) is 5.18. The van der Waals surface area contributed by atoms with Gasteiger partial charge in [-0.05, 0) is 37.6 Å². The van der Waals surface area contributed by atoms with E-state index in [4.69, 9.17) is 5.11 Å². The summed E-state index contributed by atoms with van der Waals surface area (Å²) in [5.41, 5.74) is 1.43. The van der Waals surface area contributed by atoms with E-state index in [-0.39, 0.29) is 4.90 Å². The molecular weight excluding hydrogens is 280 g/mol. The molecule has 2 aromatic rings. The van der Waals surface area contributed by atoms with Crippen molar-refractivity contribution in [2.75, 3.05) is 0 Å². The minimum absolute atomic E-state index is 0.0271. The molecule has 1 atom stereocenters. The predicted octanol–water partition coefficient (Wildman–Crippen LogP) is 1.29. The summed E-state index contributed by atoms with van der Waals surface area (Å²) in [5.74, 6) is -1.23. The zero-order chi connectivity index (χ0) is 14.9. The molecule has 0 saturated heterocycles. The average molecular weight is 294 g/mol. The SMILES string of the molecule is Cc1ccc(S(=O)(=O)NC(C)C(=O)O)c2cccnc12. The number of carboxylic acids is 1. The van der Waals surface area contributed by atoms with Crippen LogP contribution >= 0.6 is 0 Å². The summed E-state index contributed by atoms with van der Waals surface area (Å²) in [4.78, 5) is 15.0. The van der Waals surface area contributed by atoms with Crippen molar-refractivity contribution in [1.82, 2.24) is 9.71 Å². The Morgan fingerprint density at radius 3 is 2.70 bits per heavy atom. The summed E-state index contributed by atoms with van der Waals surface area (Å²) in [6.07, 6.45) is 1.58. The van der Waals surface area contributed by atoms with Crippen LogP contribution in [0.1, 0.15) is 12.5 Å². The topological polar surface area (TPSA) is 96.4 Å². The number of aryl methyl sites for hydroxylation is 1. The number of sulfonamides is 1. The number of pyridine rings is 1. The van der Waals surface area contributed by atoms with E-state index >= 15 is 0 Å². The summed E-state index contributed by atoms with van der Waals surface area (Å²) < 4.78 is 26.7. The van der Waals surface area contributed by atoms with Gasteiger partial charge in [-0.25, -0.2) is 8.42 Å². The van der Waals surface area contributed by atoms with Crippen molar-refractivity contribution in [2.24, 2.45) is 0 Å². The van der Waals surface area contributed by atoms with Gasteiger partial charge in [0.15, 0.2) is 0 Å². The Kier molecular flexibility index (Phi) is 3.74. The number of benzene rings is 1. The van der Waals surface area contributed by atoms with E-state index in [1.165, 1.54) is 13.0 Å². The van der Waals surface area contributed by atoms with Gasteiger partial charge in [-0.15, -0.1) is 0 Å². The van der Waals surface area contributed by atoms with Crippen LogP contribution in [0, 0.1) is 6.92 Å². The van der Waals surface area contributed by atoms with Gasteiger partial charge in [0, 0.05) is 11.6 Å². The van der Waals surface area contributed by atoms with Crippen molar-refractivity contribution in [3.8, 4) is 0 Å². The lowest BCUT2D eigenvalue weighted by Crippen LogP contribution is -2.38. The first-order valence-electron chi connectivity index (χ1n) is 5.92. The molecule has 2 rings (SSSR count). The molecule has 1 heterocycles. The number of carbonyl (C=O) groups is 1. The maximum absolute atomic E-state index is 12.3. The van der Waals surface area contributed by atoms with Gasteiger partial charge in [0.25, 0.3) is 0 Å². The highest BCUT2D eigenvalue weighted by Crippen LogP contribution is 2.24. The van der Waals surface area contributed by atoms with Gasteiger partial charge in [0.1, 0.15) is 6.04 Å². The Bertz CT molecular complexity index is 771. The van der Waals surface area contributed by atoms with Crippen LogP contribution in [0.3, 0.4) is 0 Å². The quantitative estimate of drug-likeness (QED) is 0.886. The Labute approximate surface area is 116 Å². The van der Waals surface area contributed by atoms with Crippen molar-refractivity contribution < 1.29 is 18.3 Å². The average Bonchev–Trinajstić information content (AvgIpc) is 2.38. The number of aromatic nitrogens is 1. The highest BCUT2D eigenvalue weighted by Gasteiger charge is 2.23. The number of fused-ring (bicyclic) bond motifs is 1. The number of rotatable bonds is 4. The highest BCUT2D eigenvalue weighted by molar-refractivity contribution is 7.89. The van der Waals surface area contributed by atoms with Crippen LogP contribution in [0.5, 0.6) is 0 Å². The summed E-state index contributed by atoms with van der Waals surface area (Å²) in [5, 5.41) is 9.28. The van der Waals surface area contributed by atoms with E-state index in [1.54, 1.807) is 24.4 Å². The van der Waals surface area contributed by atoms with Crippen LogP contribution in [-0.2, 0) is 14.8 Å². The molecule has 0 saturated carbocycles. The third-order valence-corrected chi connectivity index (χ3v) is 4.52. The van der Waals surface area contributed by atoms with Gasteiger partial charge in [-0.3, -0.25) is 9.78 Å². The number of hydrogen-bond donors (Lipinski definition) is 2. The molecule has 0 aliphatic carbocycles. The van der Waals surface area contributed by atoms with Crippen molar-refractivity contribution in [2.45, 2.75) is 24.8 Å². The van der Waals surface area contributed by atoms with Crippen LogP contribution in [0.2, 0.25) is 0 Å². The number of aliphatic carboxylic acids is 1. The molecule has 106 valence electrons. The Hall–Kier alpha value is -1.99. The van der Waals surface area contributed by atoms with Crippen molar-refractivity contribution in [3.05, 3.63) is 36.0 Å². The highest BCUT2D eigenvalue weighted by atomic mass is 32.2. The molecule has 0 radical (unpaired) electrons. The van der Waals surface area contributed by atoms with Crippen molar-refractivity contribution >= 4 is 26.9 Å². The molecular formula is C13H14N2O4S. The standard InChI is InChI=1S/C13H14N2O4S/c1-8-5-6-11(10-4-3-7-14-12(8)10)20(18,19)15-9(2)13(16)17/h3-7,9,15H,1-2H3,(H,16,17). The summed E-state index contributed by atoms with van der Waals surface area (Å²) in [7, 11) is -3.92. The molecule has 1 unspecified atom stereocenters. The lowest BCUT2D eigenvalue weighted by atomic mass is 10.1. The van der Waals surface area contributed by atoms with E-state index in [2.05, 4.69) is 9.71 Å². The second-order valence-electron chi connectivity index (χ2n) is 4.46. The predicted molar refractivity (Wildman–Crippen MR) is 73.9 cm³/mol. The van der Waals surface area contributed by atoms with Crippen LogP contribution < -0.4 is 4.72 Å². The van der Waals surface area contributed by atoms with Crippen LogP contribution in [0.4, 0.5) is 0 Å². The fourth-order valence-electron chi connectivity index (χ4n) is 1.87. The molecule has 0 amide bonds. The van der Waals surface area contributed by atoms with Gasteiger partial charge in [0.2, 0.25) is 10.0 Å². The van der Waals surface area contributed by atoms with Gasteiger partial charge in [-0.2, -0.15) is 4.72 Å². The fourth-order valence-corrected chi connectivity index (χ4v) is 3.26. The fraction of sp³-hybridized carbons (Fsp3) is 0.231. The van der Waals surface area contributed by atoms with E-state index < -0.39 is 22.0 Å². The molecule has 2 N–H and O–H groups in total. The largest absolute Gasteiger partial charge is 0.480 e.